The second-order valence-corrected chi connectivity index (χ2v) is 4.06. The number of hydrogen-bond donors (Lipinski definition) is 1. The molecule has 1 aromatic carbocycles. The van der Waals surface area contributed by atoms with E-state index in [9.17, 15) is 9.59 Å². The summed E-state index contributed by atoms with van der Waals surface area (Å²) < 4.78 is 6.73. The third kappa shape index (κ3) is 2.07. The summed E-state index contributed by atoms with van der Waals surface area (Å²) in [6.07, 6.45) is 1.47. The molecule has 0 radical (unpaired) electrons. The Hall–Kier alpha value is -2.30. The maximum atomic E-state index is 11.8. The van der Waals surface area contributed by atoms with Gasteiger partial charge in [0.05, 0.1) is 12.6 Å². The van der Waals surface area contributed by atoms with Crippen LogP contribution < -0.4 is 10.2 Å². The van der Waals surface area contributed by atoms with Crippen LogP contribution in [-0.4, -0.2) is 22.8 Å². The van der Waals surface area contributed by atoms with Crippen LogP contribution in [0.25, 0.3) is 10.9 Å². The number of aromatic nitrogens is 1. The van der Waals surface area contributed by atoms with E-state index in [1.807, 2.05) is 6.92 Å². The highest BCUT2D eigenvalue weighted by atomic mass is 16.5. The Morgan fingerprint density at radius 3 is 2.78 bits per heavy atom. The summed E-state index contributed by atoms with van der Waals surface area (Å²) in [4.78, 5) is 22.6. The molecule has 5 heteroatoms. The number of ether oxygens (including phenoxy) is 1. The molecule has 18 heavy (non-hydrogen) atoms. The van der Waals surface area contributed by atoms with E-state index < -0.39 is 5.97 Å². The molecule has 2 aromatic rings. The lowest BCUT2D eigenvalue weighted by molar-refractivity contribution is -0.137. The van der Waals surface area contributed by atoms with E-state index in [4.69, 9.17) is 9.84 Å². The van der Waals surface area contributed by atoms with E-state index in [-0.39, 0.29) is 12.0 Å². The van der Waals surface area contributed by atoms with Crippen LogP contribution >= 0.6 is 0 Å². The van der Waals surface area contributed by atoms with E-state index in [0.717, 1.165) is 5.56 Å². The van der Waals surface area contributed by atoms with Gasteiger partial charge in [-0.15, -0.1) is 0 Å². The van der Waals surface area contributed by atoms with Crippen molar-refractivity contribution in [3.8, 4) is 5.75 Å². The smallest absolute Gasteiger partial charge is 0.323 e. The molecule has 0 amide bonds. The number of nitrogens with zero attached hydrogens (tertiary/aromatic N) is 1. The number of benzene rings is 1. The van der Waals surface area contributed by atoms with E-state index >= 15 is 0 Å². The number of hydrogen-bond acceptors (Lipinski definition) is 3. The highest BCUT2D eigenvalue weighted by Gasteiger charge is 2.11. The molecule has 0 fully saturated rings. The maximum absolute atomic E-state index is 11.8. The van der Waals surface area contributed by atoms with E-state index in [1.165, 1.54) is 23.9 Å². The fraction of sp³-hybridized carbons (Fsp3) is 0.231. The molecule has 0 saturated heterocycles. The third-order valence-electron chi connectivity index (χ3n) is 2.70. The Balaban J connectivity index is 2.85. The molecule has 1 aromatic heterocycles. The van der Waals surface area contributed by atoms with Crippen molar-refractivity contribution in [1.29, 1.82) is 0 Å². The molecule has 94 valence electrons. The first-order valence-electron chi connectivity index (χ1n) is 5.42. The Labute approximate surface area is 103 Å². The van der Waals surface area contributed by atoms with Crippen molar-refractivity contribution < 1.29 is 14.6 Å². The molecule has 0 atom stereocenters. The fourth-order valence-electron chi connectivity index (χ4n) is 1.98. The van der Waals surface area contributed by atoms with Gasteiger partial charge in [-0.2, -0.15) is 0 Å². The second kappa shape index (κ2) is 4.52. The molecule has 0 aliphatic carbocycles. The zero-order valence-electron chi connectivity index (χ0n) is 10.1. The van der Waals surface area contributed by atoms with Crippen LogP contribution in [0.3, 0.4) is 0 Å². The largest absolute Gasteiger partial charge is 0.495 e. The van der Waals surface area contributed by atoms with Gasteiger partial charge in [-0.05, 0) is 24.6 Å². The summed E-state index contributed by atoms with van der Waals surface area (Å²) in [5, 5.41) is 9.34. The fourth-order valence-corrected chi connectivity index (χ4v) is 1.98. The average Bonchev–Trinajstić information content (AvgIpc) is 2.31. The predicted octanol–water partition coefficient (Wildman–Crippen LogP) is 1.40. The Kier molecular flexibility index (Phi) is 3.06. The number of aryl methyl sites for hydroxylation is 1. The first-order valence-corrected chi connectivity index (χ1v) is 5.42. The molecule has 0 saturated carbocycles. The molecule has 0 spiro atoms. The molecule has 1 N–H and O–H groups in total. The molecule has 1 heterocycles. The summed E-state index contributed by atoms with van der Waals surface area (Å²) in [5.41, 5.74) is 1.26. The number of aliphatic carboxylic acids is 1. The number of rotatable bonds is 3. The third-order valence-corrected chi connectivity index (χ3v) is 2.70. The maximum Gasteiger partial charge on any atom is 0.323 e. The number of methoxy groups -OCH3 is 1. The van der Waals surface area contributed by atoms with Crippen LogP contribution in [0.15, 0.2) is 29.2 Å². The van der Waals surface area contributed by atoms with Crippen molar-refractivity contribution in [3.05, 3.63) is 40.2 Å². The van der Waals surface area contributed by atoms with Crippen molar-refractivity contribution in [2.75, 3.05) is 7.11 Å². The quantitative estimate of drug-likeness (QED) is 0.890. The van der Waals surface area contributed by atoms with Crippen LogP contribution in [-0.2, 0) is 11.3 Å². The molecule has 0 aliphatic rings. The lowest BCUT2D eigenvalue weighted by Crippen LogP contribution is -2.14. The normalized spacial score (nSPS) is 10.6. The minimum Gasteiger partial charge on any atom is -0.495 e. The Morgan fingerprint density at radius 1 is 1.44 bits per heavy atom. The first kappa shape index (κ1) is 12.2. The number of carbonyl (C=O) groups is 1. The highest BCUT2D eigenvalue weighted by molar-refractivity contribution is 5.86. The number of fused-ring (bicyclic) bond motifs is 1. The summed E-state index contributed by atoms with van der Waals surface area (Å²) in [6, 6.07) is 4.88. The molecular weight excluding hydrogens is 234 g/mol. The summed E-state index contributed by atoms with van der Waals surface area (Å²) in [5.74, 6) is -0.466. The van der Waals surface area contributed by atoms with E-state index in [1.54, 1.807) is 12.1 Å². The monoisotopic (exact) mass is 247 g/mol. The van der Waals surface area contributed by atoms with E-state index in [2.05, 4.69) is 0 Å². The standard InChI is InChI=1S/C13H13NO4/c1-8-5-9-10(15)3-4-14(7-12(16)17)13(9)11(6-8)18-2/h3-6H,7H2,1-2H3,(H,16,17). The van der Waals surface area contributed by atoms with Gasteiger partial charge < -0.3 is 14.4 Å². The van der Waals surface area contributed by atoms with Crippen LogP contribution in [0.2, 0.25) is 0 Å². The van der Waals surface area contributed by atoms with Gasteiger partial charge in [0.15, 0.2) is 5.43 Å². The van der Waals surface area contributed by atoms with Gasteiger partial charge in [0, 0.05) is 17.6 Å². The molecule has 0 unspecified atom stereocenters. The van der Waals surface area contributed by atoms with Gasteiger partial charge in [0.1, 0.15) is 12.3 Å². The van der Waals surface area contributed by atoms with Crippen molar-refractivity contribution in [2.45, 2.75) is 13.5 Å². The topological polar surface area (TPSA) is 68.5 Å². The molecule has 0 bridgehead atoms. The number of pyridine rings is 1. The van der Waals surface area contributed by atoms with Crippen molar-refractivity contribution in [3.63, 3.8) is 0 Å². The summed E-state index contributed by atoms with van der Waals surface area (Å²) >= 11 is 0. The zero-order valence-corrected chi connectivity index (χ0v) is 10.1. The number of carboxylic acids is 1. The molecule has 0 aliphatic heterocycles. The van der Waals surface area contributed by atoms with E-state index in [0.29, 0.717) is 16.7 Å². The number of carboxylic acid groups (broad SMARTS) is 1. The van der Waals surface area contributed by atoms with Crippen molar-refractivity contribution in [2.24, 2.45) is 0 Å². The Morgan fingerprint density at radius 2 is 2.17 bits per heavy atom. The Bertz CT molecular complexity index is 672. The average molecular weight is 247 g/mol. The minimum absolute atomic E-state index is 0.145. The molecular formula is C13H13NO4. The predicted molar refractivity (Wildman–Crippen MR) is 67.1 cm³/mol. The van der Waals surface area contributed by atoms with Gasteiger partial charge >= 0.3 is 5.97 Å². The van der Waals surface area contributed by atoms with Gasteiger partial charge in [-0.3, -0.25) is 9.59 Å². The van der Waals surface area contributed by atoms with Gasteiger partial charge in [-0.1, -0.05) is 0 Å². The van der Waals surface area contributed by atoms with Gasteiger partial charge in [-0.25, -0.2) is 0 Å². The van der Waals surface area contributed by atoms with Crippen molar-refractivity contribution >= 4 is 16.9 Å². The van der Waals surface area contributed by atoms with Crippen molar-refractivity contribution in [1.82, 2.24) is 4.57 Å². The SMILES string of the molecule is COc1cc(C)cc2c(=O)ccn(CC(=O)O)c12. The first-order chi connectivity index (χ1) is 8.52. The summed E-state index contributed by atoms with van der Waals surface area (Å²) in [6.45, 7) is 1.64. The molecule has 5 nitrogen and oxygen atoms in total. The van der Waals surface area contributed by atoms with Crippen LogP contribution in [0.5, 0.6) is 5.75 Å². The van der Waals surface area contributed by atoms with Crippen LogP contribution in [0.4, 0.5) is 0 Å². The lowest BCUT2D eigenvalue weighted by Gasteiger charge is -2.12. The van der Waals surface area contributed by atoms with Crippen LogP contribution in [0, 0.1) is 6.92 Å². The van der Waals surface area contributed by atoms with Gasteiger partial charge in [0.25, 0.3) is 0 Å². The summed E-state index contributed by atoms with van der Waals surface area (Å²) in [7, 11) is 1.50. The zero-order chi connectivity index (χ0) is 13.3. The highest BCUT2D eigenvalue weighted by Crippen LogP contribution is 2.25. The second-order valence-electron chi connectivity index (χ2n) is 4.06. The molecule has 2 rings (SSSR count). The van der Waals surface area contributed by atoms with Crippen LogP contribution in [0.1, 0.15) is 5.56 Å². The minimum atomic E-state index is -0.970. The van der Waals surface area contributed by atoms with Gasteiger partial charge in [0.2, 0.25) is 0 Å². The lowest BCUT2D eigenvalue weighted by atomic mass is 10.1.